The van der Waals surface area contributed by atoms with Gasteiger partial charge in [0.2, 0.25) is 10.0 Å². The molecule has 1 heterocycles. The van der Waals surface area contributed by atoms with E-state index in [-0.39, 0.29) is 35.8 Å². The highest BCUT2D eigenvalue weighted by molar-refractivity contribution is 7.89. The Morgan fingerprint density at radius 3 is 2.44 bits per heavy atom. The van der Waals surface area contributed by atoms with Gasteiger partial charge in [0.1, 0.15) is 5.75 Å². The molecule has 0 spiro atoms. The molecule has 1 fully saturated rings. The summed E-state index contributed by atoms with van der Waals surface area (Å²) in [5.74, 6) is 0.291. The number of amides is 2. The number of methoxy groups -OCH3 is 2. The van der Waals surface area contributed by atoms with Gasteiger partial charge < -0.3 is 24.3 Å². The molecule has 12 nitrogen and oxygen atoms in total. The van der Waals surface area contributed by atoms with Crippen LogP contribution in [0.2, 0.25) is 0 Å². The number of hydrazone groups is 1. The Hall–Kier alpha value is -4.46. The number of ether oxygens (including phenoxy) is 4. The van der Waals surface area contributed by atoms with E-state index in [2.05, 4.69) is 15.8 Å². The largest absolute Gasteiger partial charge is 0.493 e. The third-order valence-electron chi connectivity index (χ3n) is 7.01. The fourth-order valence-corrected chi connectivity index (χ4v) is 5.98. The standard InChI is InChI=1S/C32H38N4O8S/c1-41-29-15-14-28(19-30(29)42-2)45(39,40)36(17-16-24-7-4-3-5-8-24)22-31(37)35-34-20-25-10-12-26(13-11-25)44-23-32(38)33-21-27-9-6-18-43-27/h3-5,7-8,10-15,19-20,27H,6,9,16-18,21-23H2,1-2H3,(H,33,38)(H,35,37)/b34-20+/t27-/m1/s1. The molecule has 4 rings (SSSR count). The molecule has 0 saturated carbocycles. The van der Waals surface area contributed by atoms with E-state index in [1.165, 1.54) is 38.6 Å². The maximum absolute atomic E-state index is 13.6. The Balaban J connectivity index is 1.33. The summed E-state index contributed by atoms with van der Waals surface area (Å²) in [7, 11) is -1.21. The van der Waals surface area contributed by atoms with Gasteiger partial charge in [-0.25, -0.2) is 13.8 Å². The molecule has 240 valence electrons. The first-order valence-corrected chi connectivity index (χ1v) is 15.9. The molecule has 45 heavy (non-hydrogen) atoms. The quantitative estimate of drug-likeness (QED) is 0.180. The number of nitrogens with zero attached hydrogens (tertiary/aromatic N) is 2. The summed E-state index contributed by atoms with van der Waals surface area (Å²) in [6.45, 7) is 0.680. The average Bonchev–Trinajstić information content (AvgIpc) is 3.59. The van der Waals surface area contributed by atoms with Crippen molar-refractivity contribution in [1.29, 1.82) is 0 Å². The maximum atomic E-state index is 13.6. The van der Waals surface area contributed by atoms with Crippen molar-refractivity contribution in [2.45, 2.75) is 30.3 Å². The van der Waals surface area contributed by atoms with E-state index in [1.54, 1.807) is 24.3 Å². The van der Waals surface area contributed by atoms with Crippen molar-refractivity contribution in [3.63, 3.8) is 0 Å². The molecular formula is C32H38N4O8S. The maximum Gasteiger partial charge on any atom is 0.258 e. The molecule has 0 aromatic heterocycles. The van der Waals surface area contributed by atoms with E-state index in [0.29, 0.717) is 30.0 Å². The van der Waals surface area contributed by atoms with E-state index in [1.807, 2.05) is 30.3 Å². The molecule has 2 N–H and O–H groups in total. The zero-order chi connectivity index (χ0) is 32.1. The molecule has 13 heteroatoms. The Morgan fingerprint density at radius 2 is 1.76 bits per heavy atom. The van der Waals surface area contributed by atoms with E-state index < -0.39 is 22.5 Å². The Kier molecular flexibility index (Phi) is 12.3. The molecule has 1 aliphatic rings. The van der Waals surface area contributed by atoms with E-state index >= 15 is 0 Å². The van der Waals surface area contributed by atoms with Gasteiger partial charge in [0.25, 0.3) is 11.8 Å². The monoisotopic (exact) mass is 638 g/mol. The SMILES string of the molecule is COc1ccc(S(=O)(=O)N(CCc2ccccc2)CC(=O)N/N=C/c2ccc(OCC(=O)NC[C@H]3CCCO3)cc2)cc1OC. The topological polar surface area (TPSA) is 145 Å². The van der Waals surface area contributed by atoms with Gasteiger partial charge in [-0.05, 0) is 66.8 Å². The van der Waals surface area contributed by atoms with Gasteiger partial charge in [-0.15, -0.1) is 0 Å². The Bertz CT molecular complexity index is 1540. The lowest BCUT2D eigenvalue weighted by Crippen LogP contribution is -2.40. The Morgan fingerprint density at radius 1 is 1.00 bits per heavy atom. The van der Waals surface area contributed by atoms with Crippen LogP contribution in [0.5, 0.6) is 17.2 Å². The number of nitrogens with one attached hydrogen (secondary N) is 2. The van der Waals surface area contributed by atoms with Crippen molar-refractivity contribution in [2.75, 3.05) is 47.1 Å². The lowest BCUT2D eigenvalue weighted by molar-refractivity contribution is -0.123. The van der Waals surface area contributed by atoms with Gasteiger partial charge in [-0.3, -0.25) is 9.59 Å². The van der Waals surface area contributed by atoms with Crippen LogP contribution in [-0.2, 0) is 30.8 Å². The fraction of sp³-hybridized carbons (Fsp3) is 0.344. The summed E-state index contributed by atoms with van der Waals surface area (Å²) in [6.07, 6.45) is 3.83. The molecule has 3 aromatic rings. The first kappa shape index (κ1) is 33.4. The highest BCUT2D eigenvalue weighted by Crippen LogP contribution is 2.30. The molecular weight excluding hydrogens is 600 g/mol. The van der Waals surface area contributed by atoms with Crippen molar-refractivity contribution >= 4 is 28.1 Å². The number of benzene rings is 3. The van der Waals surface area contributed by atoms with Gasteiger partial charge >= 0.3 is 0 Å². The summed E-state index contributed by atoms with van der Waals surface area (Å²) in [5.41, 5.74) is 3.98. The van der Waals surface area contributed by atoms with Gasteiger partial charge in [-0.2, -0.15) is 9.41 Å². The van der Waals surface area contributed by atoms with Crippen LogP contribution < -0.4 is 25.0 Å². The van der Waals surface area contributed by atoms with Crippen LogP contribution in [-0.4, -0.2) is 83.9 Å². The molecule has 0 unspecified atom stereocenters. The van der Waals surface area contributed by atoms with Gasteiger partial charge in [0.05, 0.1) is 38.0 Å². The first-order chi connectivity index (χ1) is 21.8. The van der Waals surface area contributed by atoms with Gasteiger partial charge in [-0.1, -0.05) is 30.3 Å². The lowest BCUT2D eigenvalue weighted by atomic mass is 10.1. The van der Waals surface area contributed by atoms with Crippen molar-refractivity contribution < 1.29 is 37.0 Å². The normalized spacial score (nSPS) is 14.8. The summed E-state index contributed by atoms with van der Waals surface area (Å²) in [6, 6.07) is 20.5. The zero-order valence-corrected chi connectivity index (χ0v) is 26.1. The highest BCUT2D eigenvalue weighted by atomic mass is 32.2. The minimum absolute atomic E-state index is 0.0351. The van der Waals surface area contributed by atoms with Crippen LogP contribution >= 0.6 is 0 Å². The molecule has 0 bridgehead atoms. The lowest BCUT2D eigenvalue weighted by Gasteiger charge is -2.22. The Labute approximate surface area is 263 Å². The third kappa shape index (κ3) is 10.0. The van der Waals surface area contributed by atoms with Crippen molar-refractivity contribution in [3.05, 3.63) is 83.9 Å². The predicted molar refractivity (Wildman–Crippen MR) is 168 cm³/mol. The number of carbonyl (C=O) groups excluding carboxylic acids is 2. The smallest absolute Gasteiger partial charge is 0.258 e. The number of hydrogen-bond donors (Lipinski definition) is 2. The van der Waals surface area contributed by atoms with E-state index in [0.717, 1.165) is 29.3 Å². The second kappa shape index (κ2) is 16.6. The van der Waals surface area contributed by atoms with Gasteiger partial charge in [0.15, 0.2) is 18.1 Å². The van der Waals surface area contributed by atoms with Crippen molar-refractivity contribution in [2.24, 2.45) is 5.10 Å². The molecule has 1 atom stereocenters. The molecule has 2 amide bonds. The molecule has 0 radical (unpaired) electrons. The van der Waals surface area contributed by atoms with Crippen LogP contribution in [0.15, 0.2) is 82.8 Å². The minimum Gasteiger partial charge on any atom is -0.493 e. The number of hydrogen-bond acceptors (Lipinski definition) is 9. The van der Waals surface area contributed by atoms with Crippen LogP contribution in [0.25, 0.3) is 0 Å². The van der Waals surface area contributed by atoms with E-state index in [9.17, 15) is 18.0 Å². The molecule has 0 aliphatic carbocycles. The second-order valence-corrected chi connectivity index (χ2v) is 12.1. The number of rotatable bonds is 16. The third-order valence-corrected chi connectivity index (χ3v) is 8.85. The minimum atomic E-state index is -4.09. The summed E-state index contributed by atoms with van der Waals surface area (Å²) in [5, 5.41) is 6.78. The molecule has 1 aliphatic heterocycles. The van der Waals surface area contributed by atoms with Gasteiger partial charge in [0, 0.05) is 25.8 Å². The number of sulfonamides is 1. The molecule has 3 aromatic carbocycles. The number of carbonyl (C=O) groups is 2. The first-order valence-electron chi connectivity index (χ1n) is 14.5. The van der Waals surface area contributed by atoms with Crippen molar-refractivity contribution in [3.8, 4) is 17.2 Å². The van der Waals surface area contributed by atoms with Crippen LogP contribution in [0, 0.1) is 0 Å². The van der Waals surface area contributed by atoms with E-state index in [4.69, 9.17) is 18.9 Å². The average molecular weight is 639 g/mol. The van der Waals surface area contributed by atoms with Crippen molar-refractivity contribution in [1.82, 2.24) is 15.0 Å². The fourth-order valence-electron chi connectivity index (χ4n) is 4.57. The second-order valence-electron chi connectivity index (χ2n) is 10.2. The summed E-state index contributed by atoms with van der Waals surface area (Å²) in [4.78, 5) is 24.8. The summed E-state index contributed by atoms with van der Waals surface area (Å²) < 4.78 is 49.9. The predicted octanol–water partition coefficient (Wildman–Crippen LogP) is 2.76. The van der Waals surface area contributed by atoms with Crippen LogP contribution in [0.4, 0.5) is 0 Å². The molecule has 1 saturated heterocycles. The summed E-state index contributed by atoms with van der Waals surface area (Å²) >= 11 is 0. The zero-order valence-electron chi connectivity index (χ0n) is 25.3. The highest BCUT2D eigenvalue weighted by Gasteiger charge is 2.28. The van der Waals surface area contributed by atoms with Crippen LogP contribution in [0.1, 0.15) is 24.0 Å². The van der Waals surface area contributed by atoms with Crippen LogP contribution in [0.3, 0.4) is 0 Å².